The molecule has 0 radical (unpaired) electrons. The maximum absolute atomic E-state index is 11.8. The van der Waals surface area contributed by atoms with E-state index in [2.05, 4.69) is 5.32 Å². The molecule has 0 aromatic heterocycles. The summed E-state index contributed by atoms with van der Waals surface area (Å²) in [6, 6.07) is 9.70. The molecule has 0 fully saturated rings. The van der Waals surface area contributed by atoms with Gasteiger partial charge in [-0.05, 0) is 33.4 Å². The van der Waals surface area contributed by atoms with Crippen LogP contribution < -0.4 is 5.32 Å². The van der Waals surface area contributed by atoms with E-state index in [0.717, 1.165) is 5.56 Å². The molecule has 1 N–H and O–H groups in total. The largest absolute Gasteiger partial charge is 0.456 e. The zero-order valence-electron chi connectivity index (χ0n) is 10.3. The molecular formula is C13H19NO2. The van der Waals surface area contributed by atoms with Crippen LogP contribution >= 0.6 is 0 Å². The third kappa shape index (κ3) is 3.07. The Morgan fingerprint density at radius 2 is 1.88 bits per heavy atom. The van der Waals surface area contributed by atoms with Crippen molar-refractivity contribution in [1.29, 1.82) is 0 Å². The second-order valence-corrected chi connectivity index (χ2v) is 4.33. The highest BCUT2D eigenvalue weighted by molar-refractivity contribution is 5.79. The highest BCUT2D eigenvalue weighted by atomic mass is 16.5. The second-order valence-electron chi connectivity index (χ2n) is 4.33. The van der Waals surface area contributed by atoms with Gasteiger partial charge in [0.1, 0.15) is 11.6 Å². The first kappa shape index (κ1) is 12.7. The fourth-order valence-electron chi connectivity index (χ4n) is 1.20. The summed E-state index contributed by atoms with van der Waals surface area (Å²) in [6.45, 7) is 5.47. The molecule has 1 unspecified atom stereocenters. The summed E-state index contributed by atoms with van der Waals surface area (Å²) in [6.07, 6.45) is -0.221. The van der Waals surface area contributed by atoms with Crippen LogP contribution in [0.15, 0.2) is 30.3 Å². The van der Waals surface area contributed by atoms with Gasteiger partial charge in [-0.3, -0.25) is 4.79 Å². The molecular weight excluding hydrogens is 202 g/mol. The highest BCUT2D eigenvalue weighted by Gasteiger charge is 2.28. The van der Waals surface area contributed by atoms with Crippen LogP contribution in [-0.4, -0.2) is 18.6 Å². The van der Waals surface area contributed by atoms with E-state index in [1.165, 1.54) is 0 Å². The summed E-state index contributed by atoms with van der Waals surface area (Å²) in [4.78, 5) is 11.8. The summed E-state index contributed by atoms with van der Waals surface area (Å²) >= 11 is 0. The average molecular weight is 221 g/mol. The number of hydrogen-bond donors (Lipinski definition) is 1. The topological polar surface area (TPSA) is 38.3 Å². The van der Waals surface area contributed by atoms with Crippen LogP contribution in [0.1, 0.15) is 32.4 Å². The van der Waals surface area contributed by atoms with Crippen molar-refractivity contribution in [3.63, 3.8) is 0 Å². The van der Waals surface area contributed by atoms with Crippen LogP contribution in [0.5, 0.6) is 0 Å². The van der Waals surface area contributed by atoms with Crippen LogP contribution in [0.4, 0.5) is 0 Å². The molecule has 16 heavy (non-hydrogen) atoms. The summed E-state index contributed by atoms with van der Waals surface area (Å²) < 4.78 is 5.39. The minimum atomic E-state index is -0.650. The number of carbonyl (C=O) groups excluding carboxylic acids is 1. The smallest absolute Gasteiger partial charge is 0.326 e. The predicted octanol–water partition coefficient (Wildman–Crippen LogP) is 2.29. The van der Waals surface area contributed by atoms with Gasteiger partial charge in [0.15, 0.2) is 0 Å². The van der Waals surface area contributed by atoms with Gasteiger partial charge in [-0.25, -0.2) is 0 Å². The molecule has 3 nitrogen and oxygen atoms in total. The Kier molecular flexibility index (Phi) is 4.07. The van der Waals surface area contributed by atoms with Crippen molar-refractivity contribution in [2.75, 3.05) is 7.05 Å². The Morgan fingerprint density at radius 1 is 1.31 bits per heavy atom. The van der Waals surface area contributed by atoms with Crippen molar-refractivity contribution in [3.05, 3.63) is 35.9 Å². The first-order valence-corrected chi connectivity index (χ1v) is 5.42. The zero-order valence-corrected chi connectivity index (χ0v) is 10.3. The van der Waals surface area contributed by atoms with Crippen molar-refractivity contribution in [2.45, 2.75) is 32.4 Å². The minimum Gasteiger partial charge on any atom is -0.456 e. The number of likely N-dealkylation sites (N-methyl/N-ethyl adjacent to an activating group) is 1. The number of rotatable bonds is 4. The SMILES string of the molecule is CNC(C)(C)C(=O)OC(C)c1ccccc1. The molecule has 88 valence electrons. The Bertz CT molecular complexity index is 346. The van der Waals surface area contributed by atoms with Crippen molar-refractivity contribution >= 4 is 5.97 Å². The van der Waals surface area contributed by atoms with Gasteiger partial charge in [-0.2, -0.15) is 0 Å². The van der Waals surface area contributed by atoms with Gasteiger partial charge in [-0.1, -0.05) is 30.3 Å². The fraction of sp³-hybridized carbons (Fsp3) is 0.462. The van der Waals surface area contributed by atoms with Gasteiger partial charge >= 0.3 is 5.97 Å². The Balaban J connectivity index is 2.66. The lowest BCUT2D eigenvalue weighted by Crippen LogP contribution is -2.45. The van der Waals surface area contributed by atoms with Gasteiger partial charge in [0, 0.05) is 0 Å². The number of benzene rings is 1. The quantitative estimate of drug-likeness (QED) is 0.793. The van der Waals surface area contributed by atoms with Crippen LogP contribution in [0, 0.1) is 0 Å². The molecule has 0 heterocycles. The van der Waals surface area contributed by atoms with Gasteiger partial charge in [0.2, 0.25) is 0 Å². The molecule has 0 aliphatic heterocycles. The molecule has 0 spiro atoms. The van der Waals surface area contributed by atoms with Gasteiger partial charge < -0.3 is 10.1 Å². The lowest BCUT2D eigenvalue weighted by atomic mass is 10.1. The lowest BCUT2D eigenvalue weighted by Gasteiger charge is -2.24. The summed E-state index contributed by atoms with van der Waals surface area (Å²) in [7, 11) is 1.74. The van der Waals surface area contributed by atoms with E-state index in [4.69, 9.17) is 4.74 Å². The Labute approximate surface area is 96.8 Å². The maximum atomic E-state index is 11.8. The first-order valence-electron chi connectivity index (χ1n) is 5.42. The van der Waals surface area contributed by atoms with E-state index in [1.54, 1.807) is 20.9 Å². The van der Waals surface area contributed by atoms with Gasteiger partial charge in [0.05, 0.1) is 0 Å². The third-order valence-corrected chi connectivity index (χ3v) is 2.69. The molecule has 3 heteroatoms. The molecule has 1 atom stereocenters. The van der Waals surface area contributed by atoms with Crippen LogP contribution in [-0.2, 0) is 9.53 Å². The standard InChI is InChI=1S/C13H19NO2/c1-10(11-8-6-5-7-9-11)16-12(15)13(2,3)14-4/h5-10,14H,1-4H3. The lowest BCUT2D eigenvalue weighted by molar-refractivity contribution is -0.155. The van der Waals surface area contributed by atoms with E-state index in [1.807, 2.05) is 37.3 Å². The number of carbonyl (C=O) groups is 1. The number of hydrogen-bond acceptors (Lipinski definition) is 3. The molecule has 0 aliphatic carbocycles. The van der Waals surface area contributed by atoms with E-state index in [9.17, 15) is 4.79 Å². The van der Waals surface area contributed by atoms with Crippen LogP contribution in [0.25, 0.3) is 0 Å². The van der Waals surface area contributed by atoms with Crippen molar-refractivity contribution in [3.8, 4) is 0 Å². The normalized spacial score (nSPS) is 13.2. The molecule has 1 aromatic rings. The van der Waals surface area contributed by atoms with E-state index >= 15 is 0 Å². The average Bonchev–Trinajstić information content (AvgIpc) is 2.30. The molecule has 1 aromatic carbocycles. The van der Waals surface area contributed by atoms with E-state index in [0.29, 0.717) is 0 Å². The predicted molar refractivity (Wildman–Crippen MR) is 64.1 cm³/mol. The van der Waals surface area contributed by atoms with Gasteiger partial charge in [0.25, 0.3) is 0 Å². The van der Waals surface area contributed by atoms with Crippen LogP contribution in [0.2, 0.25) is 0 Å². The molecule has 0 amide bonds. The highest BCUT2D eigenvalue weighted by Crippen LogP contribution is 2.18. The molecule has 1 rings (SSSR count). The first-order chi connectivity index (χ1) is 7.47. The van der Waals surface area contributed by atoms with Crippen molar-refractivity contribution in [2.24, 2.45) is 0 Å². The third-order valence-electron chi connectivity index (χ3n) is 2.69. The van der Waals surface area contributed by atoms with E-state index < -0.39 is 5.54 Å². The Morgan fingerprint density at radius 3 is 2.38 bits per heavy atom. The summed E-state index contributed by atoms with van der Waals surface area (Å²) in [5, 5.41) is 2.92. The fourth-order valence-corrected chi connectivity index (χ4v) is 1.20. The van der Waals surface area contributed by atoms with Crippen molar-refractivity contribution in [1.82, 2.24) is 5.32 Å². The monoisotopic (exact) mass is 221 g/mol. The second kappa shape index (κ2) is 5.12. The van der Waals surface area contributed by atoms with Gasteiger partial charge in [-0.15, -0.1) is 0 Å². The number of ether oxygens (including phenoxy) is 1. The molecule has 0 saturated heterocycles. The molecule has 0 aliphatic rings. The van der Waals surface area contributed by atoms with Crippen molar-refractivity contribution < 1.29 is 9.53 Å². The summed E-state index contributed by atoms with van der Waals surface area (Å²) in [5.41, 5.74) is 0.353. The minimum absolute atomic E-state index is 0.221. The van der Waals surface area contributed by atoms with Crippen LogP contribution in [0.3, 0.4) is 0 Å². The summed E-state index contributed by atoms with van der Waals surface area (Å²) in [5.74, 6) is -0.244. The maximum Gasteiger partial charge on any atom is 0.326 e. The Hall–Kier alpha value is -1.35. The number of nitrogens with one attached hydrogen (secondary N) is 1. The zero-order chi connectivity index (χ0) is 12.2. The number of esters is 1. The molecule has 0 bridgehead atoms. The molecule has 0 saturated carbocycles. The van der Waals surface area contributed by atoms with E-state index in [-0.39, 0.29) is 12.1 Å².